The Hall–Kier alpha value is -3.51. The molecule has 142 valence electrons. The topological polar surface area (TPSA) is 107 Å². The molecule has 0 atom stereocenters. The van der Waals surface area contributed by atoms with Crippen molar-refractivity contribution in [1.82, 2.24) is 15.6 Å². The number of thiazole rings is 1. The summed E-state index contributed by atoms with van der Waals surface area (Å²) in [5.74, 6) is -1.11. The molecule has 2 amide bonds. The predicted molar refractivity (Wildman–Crippen MR) is 105 cm³/mol. The molecule has 0 aliphatic heterocycles. The van der Waals surface area contributed by atoms with Crippen molar-refractivity contribution in [3.8, 4) is 6.07 Å². The van der Waals surface area contributed by atoms with Crippen LogP contribution in [0.1, 0.15) is 5.01 Å². The van der Waals surface area contributed by atoms with Crippen molar-refractivity contribution < 1.29 is 14.0 Å². The van der Waals surface area contributed by atoms with E-state index in [1.54, 1.807) is 36.4 Å². The maximum atomic E-state index is 13.8. The highest BCUT2D eigenvalue weighted by Crippen LogP contribution is 2.28. The SMILES string of the molecule is N#CCNC(=O)CNC(=O)Cc1nc2ccc(Nc3ccccc3F)cc2s1. The number of halogens is 1. The van der Waals surface area contributed by atoms with Gasteiger partial charge in [-0.1, -0.05) is 12.1 Å². The summed E-state index contributed by atoms with van der Waals surface area (Å²) in [7, 11) is 0. The van der Waals surface area contributed by atoms with Gasteiger partial charge in [-0.15, -0.1) is 11.3 Å². The fraction of sp³-hybridized carbons (Fsp3) is 0.158. The molecule has 3 aromatic rings. The smallest absolute Gasteiger partial charge is 0.240 e. The van der Waals surface area contributed by atoms with E-state index in [1.165, 1.54) is 17.4 Å². The number of benzene rings is 2. The summed E-state index contributed by atoms with van der Waals surface area (Å²) in [6.07, 6.45) is 0.0426. The number of aromatic nitrogens is 1. The number of para-hydroxylation sites is 1. The highest BCUT2D eigenvalue weighted by atomic mass is 32.1. The molecular formula is C19H16FN5O2S. The molecule has 1 aromatic heterocycles. The molecule has 28 heavy (non-hydrogen) atoms. The Balaban J connectivity index is 1.63. The Bertz CT molecular complexity index is 1060. The lowest BCUT2D eigenvalue weighted by Crippen LogP contribution is -2.37. The van der Waals surface area contributed by atoms with Crippen molar-refractivity contribution in [2.24, 2.45) is 0 Å². The fourth-order valence-corrected chi connectivity index (χ4v) is 3.43. The zero-order chi connectivity index (χ0) is 19.9. The van der Waals surface area contributed by atoms with Crippen molar-refractivity contribution >= 4 is 44.7 Å². The van der Waals surface area contributed by atoms with E-state index in [2.05, 4.69) is 20.9 Å². The molecule has 9 heteroatoms. The second kappa shape index (κ2) is 8.92. The summed E-state index contributed by atoms with van der Waals surface area (Å²) in [6, 6.07) is 13.6. The highest BCUT2D eigenvalue weighted by molar-refractivity contribution is 7.18. The molecule has 0 unspecified atom stereocenters. The van der Waals surface area contributed by atoms with Crippen LogP contribution in [0.3, 0.4) is 0 Å². The average Bonchev–Trinajstić information content (AvgIpc) is 3.08. The highest BCUT2D eigenvalue weighted by Gasteiger charge is 2.11. The normalized spacial score (nSPS) is 10.3. The van der Waals surface area contributed by atoms with Crippen molar-refractivity contribution in [2.45, 2.75) is 6.42 Å². The first-order chi connectivity index (χ1) is 13.5. The van der Waals surface area contributed by atoms with E-state index in [0.717, 1.165) is 10.2 Å². The van der Waals surface area contributed by atoms with Gasteiger partial charge in [-0.25, -0.2) is 9.37 Å². The minimum Gasteiger partial charge on any atom is -0.353 e. The van der Waals surface area contributed by atoms with Crippen LogP contribution in [-0.2, 0) is 16.0 Å². The third-order valence-corrected chi connectivity index (χ3v) is 4.73. The lowest BCUT2D eigenvalue weighted by molar-refractivity contribution is -0.125. The van der Waals surface area contributed by atoms with Gasteiger partial charge in [0.25, 0.3) is 0 Å². The van der Waals surface area contributed by atoms with Gasteiger partial charge >= 0.3 is 0 Å². The van der Waals surface area contributed by atoms with Crippen LogP contribution >= 0.6 is 11.3 Å². The first kappa shape index (κ1) is 19.3. The first-order valence-electron chi connectivity index (χ1n) is 8.36. The monoisotopic (exact) mass is 397 g/mol. The Morgan fingerprint density at radius 2 is 1.96 bits per heavy atom. The number of amides is 2. The van der Waals surface area contributed by atoms with Crippen LogP contribution in [0.25, 0.3) is 10.2 Å². The Labute approximate surface area is 164 Å². The minimum absolute atomic E-state index is 0.0426. The minimum atomic E-state index is -0.428. The van der Waals surface area contributed by atoms with Gasteiger partial charge in [0.2, 0.25) is 11.8 Å². The van der Waals surface area contributed by atoms with Crippen LogP contribution in [-0.4, -0.2) is 29.9 Å². The van der Waals surface area contributed by atoms with E-state index in [9.17, 15) is 14.0 Å². The fourth-order valence-electron chi connectivity index (χ4n) is 2.42. The number of anilines is 2. The number of hydrogen-bond acceptors (Lipinski definition) is 6. The second-order valence-electron chi connectivity index (χ2n) is 5.78. The van der Waals surface area contributed by atoms with Crippen LogP contribution in [0.15, 0.2) is 42.5 Å². The molecule has 7 nitrogen and oxygen atoms in total. The molecule has 0 bridgehead atoms. The number of nitrogens with zero attached hydrogens (tertiary/aromatic N) is 2. The van der Waals surface area contributed by atoms with Gasteiger partial charge in [-0.05, 0) is 30.3 Å². The number of carbonyl (C=O) groups excluding carboxylic acids is 2. The summed E-state index contributed by atoms with van der Waals surface area (Å²) in [4.78, 5) is 27.8. The maximum absolute atomic E-state index is 13.8. The van der Waals surface area contributed by atoms with Crippen LogP contribution in [0.2, 0.25) is 0 Å². The number of rotatable bonds is 7. The molecular weight excluding hydrogens is 381 g/mol. The van der Waals surface area contributed by atoms with Crippen LogP contribution in [0.4, 0.5) is 15.8 Å². The molecule has 3 rings (SSSR count). The molecule has 3 N–H and O–H groups in total. The molecule has 0 saturated heterocycles. The second-order valence-corrected chi connectivity index (χ2v) is 6.90. The Kier molecular flexibility index (Phi) is 6.14. The Morgan fingerprint density at radius 3 is 2.75 bits per heavy atom. The summed E-state index contributed by atoms with van der Waals surface area (Å²) < 4.78 is 14.6. The van der Waals surface area contributed by atoms with E-state index in [-0.39, 0.29) is 31.2 Å². The van der Waals surface area contributed by atoms with Gasteiger partial charge in [0, 0.05) is 5.69 Å². The zero-order valence-corrected chi connectivity index (χ0v) is 15.5. The Morgan fingerprint density at radius 1 is 1.14 bits per heavy atom. The molecule has 0 aliphatic carbocycles. The van der Waals surface area contributed by atoms with Crippen LogP contribution in [0, 0.1) is 17.1 Å². The lowest BCUT2D eigenvalue weighted by atomic mass is 10.2. The lowest BCUT2D eigenvalue weighted by Gasteiger charge is -2.06. The molecule has 1 heterocycles. The maximum Gasteiger partial charge on any atom is 0.240 e. The largest absolute Gasteiger partial charge is 0.353 e. The molecule has 0 aliphatic rings. The summed E-state index contributed by atoms with van der Waals surface area (Å²) in [5.41, 5.74) is 1.82. The first-order valence-corrected chi connectivity index (χ1v) is 9.18. The van der Waals surface area contributed by atoms with Gasteiger partial charge in [-0.2, -0.15) is 5.26 Å². The zero-order valence-electron chi connectivity index (χ0n) is 14.7. The van der Waals surface area contributed by atoms with Crippen molar-refractivity contribution in [3.63, 3.8) is 0 Å². The van der Waals surface area contributed by atoms with Crippen molar-refractivity contribution in [2.75, 3.05) is 18.4 Å². The van der Waals surface area contributed by atoms with E-state index < -0.39 is 5.91 Å². The summed E-state index contributed by atoms with van der Waals surface area (Å²) in [6.45, 7) is -0.294. The molecule has 0 saturated carbocycles. The van der Waals surface area contributed by atoms with Gasteiger partial charge in [0.1, 0.15) is 17.4 Å². The quantitative estimate of drug-likeness (QED) is 0.531. The molecule has 2 aromatic carbocycles. The summed E-state index contributed by atoms with van der Waals surface area (Å²) >= 11 is 1.35. The third-order valence-electron chi connectivity index (χ3n) is 3.71. The number of carbonyl (C=O) groups is 2. The molecule has 0 spiro atoms. The van der Waals surface area contributed by atoms with E-state index in [0.29, 0.717) is 16.4 Å². The molecule has 0 radical (unpaired) electrons. The van der Waals surface area contributed by atoms with Gasteiger partial charge < -0.3 is 16.0 Å². The van der Waals surface area contributed by atoms with Crippen LogP contribution in [0.5, 0.6) is 0 Å². The average molecular weight is 397 g/mol. The van der Waals surface area contributed by atoms with Crippen molar-refractivity contribution in [1.29, 1.82) is 5.26 Å². The standard InChI is InChI=1S/C19H16FN5O2S/c20-13-3-1-2-4-14(13)24-12-5-6-15-16(9-12)28-19(25-15)10-17(26)23-11-18(27)22-8-7-21/h1-6,9,24H,8,10-11H2,(H,22,27)(H,23,26). The molecule has 0 fully saturated rings. The van der Waals surface area contributed by atoms with E-state index in [4.69, 9.17) is 5.26 Å². The van der Waals surface area contributed by atoms with E-state index in [1.807, 2.05) is 6.07 Å². The van der Waals surface area contributed by atoms with Gasteiger partial charge in [-0.3, -0.25) is 9.59 Å². The number of nitrogens with one attached hydrogen (secondary N) is 3. The summed E-state index contributed by atoms with van der Waals surface area (Å²) in [5, 5.41) is 16.8. The number of hydrogen-bond donors (Lipinski definition) is 3. The van der Waals surface area contributed by atoms with Crippen molar-refractivity contribution in [3.05, 3.63) is 53.3 Å². The number of fused-ring (bicyclic) bond motifs is 1. The third kappa shape index (κ3) is 5.02. The van der Waals surface area contributed by atoms with E-state index >= 15 is 0 Å². The number of nitriles is 1. The van der Waals surface area contributed by atoms with Crippen LogP contribution < -0.4 is 16.0 Å². The predicted octanol–water partition coefficient (Wildman–Crippen LogP) is 2.48. The van der Waals surface area contributed by atoms with Gasteiger partial charge in [0.15, 0.2) is 0 Å². The van der Waals surface area contributed by atoms with Gasteiger partial charge in [0.05, 0.1) is 34.9 Å².